The molecule has 0 spiro atoms. The zero-order valence-electron chi connectivity index (χ0n) is 12.9. The average molecular weight is 277 g/mol. The summed E-state index contributed by atoms with van der Waals surface area (Å²) in [4.78, 5) is 0. The summed E-state index contributed by atoms with van der Waals surface area (Å²) in [5.74, 6) is 3.15. The van der Waals surface area contributed by atoms with Crippen molar-refractivity contribution in [2.24, 2.45) is 5.92 Å². The molecular formula is C17H27NO2. The Labute approximate surface area is 122 Å². The summed E-state index contributed by atoms with van der Waals surface area (Å²) in [5, 5.41) is 3.51. The van der Waals surface area contributed by atoms with E-state index in [-0.39, 0.29) is 0 Å². The van der Waals surface area contributed by atoms with Gasteiger partial charge in [-0.3, -0.25) is 0 Å². The number of ether oxygens (including phenoxy) is 2. The van der Waals surface area contributed by atoms with Crippen LogP contribution < -0.4 is 14.8 Å². The van der Waals surface area contributed by atoms with Crippen LogP contribution in [0.2, 0.25) is 0 Å². The molecule has 1 fully saturated rings. The summed E-state index contributed by atoms with van der Waals surface area (Å²) < 4.78 is 11.2. The molecule has 0 amide bonds. The molecule has 0 radical (unpaired) electrons. The third kappa shape index (κ3) is 3.26. The molecule has 1 aliphatic carbocycles. The van der Waals surface area contributed by atoms with Gasteiger partial charge in [-0.05, 0) is 49.9 Å². The van der Waals surface area contributed by atoms with E-state index < -0.39 is 0 Å². The van der Waals surface area contributed by atoms with Gasteiger partial charge in [0.1, 0.15) is 11.5 Å². The molecule has 2 atom stereocenters. The van der Waals surface area contributed by atoms with Crippen LogP contribution in [0.1, 0.15) is 44.1 Å². The van der Waals surface area contributed by atoms with Gasteiger partial charge in [-0.1, -0.05) is 25.8 Å². The first kappa shape index (κ1) is 15.2. The van der Waals surface area contributed by atoms with Crippen molar-refractivity contribution in [1.82, 2.24) is 5.32 Å². The van der Waals surface area contributed by atoms with Crippen LogP contribution in [-0.2, 0) is 0 Å². The lowest BCUT2D eigenvalue weighted by Gasteiger charge is -2.33. The normalized spacial score (nSPS) is 22.6. The van der Waals surface area contributed by atoms with Crippen LogP contribution in [0.5, 0.6) is 11.5 Å². The first-order chi connectivity index (χ1) is 9.81. The van der Waals surface area contributed by atoms with Gasteiger partial charge in [-0.15, -0.1) is 0 Å². The van der Waals surface area contributed by atoms with Crippen molar-refractivity contribution in [3.8, 4) is 11.5 Å². The number of nitrogens with one attached hydrogen (secondary N) is 1. The number of rotatable bonds is 6. The second kappa shape index (κ2) is 7.53. The van der Waals surface area contributed by atoms with Crippen molar-refractivity contribution < 1.29 is 9.47 Å². The summed E-state index contributed by atoms with van der Waals surface area (Å²) in [7, 11) is 3.50. The van der Waals surface area contributed by atoms with Crippen molar-refractivity contribution in [2.75, 3.05) is 27.3 Å². The van der Waals surface area contributed by atoms with Crippen molar-refractivity contribution in [1.29, 1.82) is 0 Å². The molecular weight excluding hydrogens is 250 g/mol. The van der Waals surface area contributed by atoms with Crippen LogP contribution >= 0.6 is 0 Å². The molecule has 0 heterocycles. The highest BCUT2D eigenvalue weighted by Gasteiger charge is 2.30. The third-order valence-electron chi connectivity index (χ3n) is 4.40. The predicted molar refractivity (Wildman–Crippen MR) is 82.8 cm³/mol. The lowest BCUT2D eigenvalue weighted by atomic mass is 9.74. The molecule has 1 aliphatic rings. The van der Waals surface area contributed by atoms with Gasteiger partial charge in [0.15, 0.2) is 0 Å². The Hall–Kier alpha value is -1.22. The summed E-state index contributed by atoms with van der Waals surface area (Å²) in [6.07, 6.45) is 5.16. The van der Waals surface area contributed by atoms with E-state index in [2.05, 4.69) is 24.4 Å². The van der Waals surface area contributed by atoms with E-state index in [9.17, 15) is 0 Å². The maximum absolute atomic E-state index is 5.59. The van der Waals surface area contributed by atoms with Crippen LogP contribution in [0.3, 0.4) is 0 Å². The Morgan fingerprint density at radius 1 is 1.10 bits per heavy atom. The van der Waals surface area contributed by atoms with Crippen LogP contribution in [0.4, 0.5) is 0 Å². The van der Waals surface area contributed by atoms with Crippen LogP contribution in [0.15, 0.2) is 18.2 Å². The van der Waals surface area contributed by atoms with Crippen molar-refractivity contribution in [3.63, 3.8) is 0 Å². The lowest BCUT2D eigenvalue weighted by molar-refractivity contribution is 0.280. The van der Waals surface area contributed by atoms with Gasteiger partial charge in [-0.2, -0.15) is 0 Å². The molecule has 1 aromatic carbocycles. The quantitative estimate of drug-likeness (QED) is 0.862. The van der Waals surface area contributed by atoms with Crippen molar-refractivity contribution in [2.45, 2.75) is 38.5 Å². The summed E-state index contributed by atoms with van der Waals surface area (Å²) in [6.45, 7) is 4.29. The fraction of sp³-hybridized carbons (Fsp3) is 0.647. The van der Waals surface area contributed by atoms with E-state index >= 15 is 0 Å². The standard InChI is InChI=1S/C17H27NO2/c1-4-18-12-13-8-5-6-9-14(13)17-15(19-2)10-7-11-16(17)20-3/h7,10-11,13-14,18H,4-6,8-9,12H2,1-3H3. The van der Waals surface area contributed by atoms with Gasteiger partial charge in [0.25, 0.3) is 0 Å². The van der Waals surface area contributed by atoms with Gasteiger partial charge in [0.05, 0.1) is 14.2 Å². The monoisotopic (exact) mass is 277 g/mol. The van der Waals surface area contributed by atoms with Crippen LogP contribution in [0.25, 0.3) is 0 Å². The van der Waals surface area contributed by atoms with Gasteiger partial charge >= 0.3 is 0 Å². The maximum Gasteiger partial charge on any atom is 0.126 e. The largest absolute Gasteiger partial charge is 0.496 e. The highest BCUT2D eigenvalue weighted by Crippen LogP contribution is 2.45. The van der Waals surface area contributed by atoms with Gasteiger partial charge < -0.3 is 14.8 Å². The Bertz CT molecular complexity index is 397. The highest BCUT2D eigenvalue weighted by atomic mass is 16.5. The minimum atomic E-state index is 0.536. The molecule has 3 heteroatoms. The predicted octanol–water partition coefficient (Wildman–Crippen LogP) is 3.59. The van der Waals surface area contributed by atoms with Gasteiger partial charge in [-0.25, -0.2) is 0 Å². The molecule has 0 aromatic heterocycles. The average Bonchev–Trinajstić information content (AvgIpc) is 2.52. The number of hydrogen-bond acceptors (Lipinski definition) is 3. The maximum atomic E-state index is 5.59. The summed E-state index contributed by atoms with van der Waals surface area (Å²) >= 11 is 0. The van der Waals surface area contributed by atoms with E-state index in [4.69, 9.17) is 9.47 Å². The second-order valence-corrected chi connectivity index (χ2v) is 5.53. The molecule has 0 aliphatic heterocycles. The van der Waals surface area contributed by atoms with Crippen LogP contribution in [-0.4, -0.2) is 27.3 Å². The first-order valence-corrected chi connectivity index (χ1v) is 7.73. The Kier molecular flexibility index (Phi) is 5.72. The van der Waals surface area contributed by atoms with Crippen molar-refractivity contribution in [3.05, 3.63) is 23.8 Å². The Balaban J connectivity index is 2.30. The smallest absolute Gasteiger partial charge is 0.126 e. The molecule has 1 N–H and O–H groups in total. The fourth-order valence-corrected chi connectivity index (χ4v) is 3.41. The highest BCUT2D eigenvalue weighted by molar-refractivity contribution is 5.47. The van der Waals surface area contributed by atoms with Gasteiger partial charge in [0, 0.05) is 5.56 Å². The number of benzene rings is 1. The van der Waals surface area contributed by atoms with E-state index in [0.717, 1.165) is 24.6 Å². The molecule has 2 rings (SSSR count). The Morgan fingerprint density at radius 2 is 1.75 bits per heavy atom. The number of methoxy groups -OCH3 is 2. The van der Waals surface area contributed by atoms with Crippen molar-refractivity contribution >= 4 is 0 Å². The molecule has 0 bridgehead atoms. The zero-order chi connectivity index (χ0) is 14.4. The van der Waals surface area contributed by atoms with E-state index in [0.29, 0.717) is 11.8 Å². The summed E-state index contributed by atoms with van der Waals surface area (Å²) in [5.41, 5.74) is 1.26. The lowest BCUT2D eigenvalue weighted by Crippen LogP contribution is -2.29. The molecule has 1 saturated carbocycles. The minimum Gasteiger partial charge on any atom is -0.496 e. The fourth-order valence-electron chi connectivity index (χ4n) is 3.41. The molecule has 0 saturated heterocycles. The van der Waals surface area contributed by atoms with Crippen LogP contribution in [0, 0.1) is 5.92 Å². The molecule has 20 heavy (non-hydrogen) atoms. The topological polar surface area (TPSA) is 30.5 Å². The number of hydrogen-bond donors (Lipinski definition) is 1. The SMILES string of the molecule is CCNCC1CCCCC1c1c(OC)cccc1OC. The first-order valence-electron chi connectivity index (χ1n) is 7.73. The molecule has 1 aromatic rings. The summed E-state index contributed by atoms with van der Waals surface area (Å²) in [6, 6.07) is 6.11. The zero-order valence-corrected chi connectivity index (χ0v) is 12.9. The minimum absolute atomic E-state index is 0.536. The second-order valence-electron chi connectivity index (χ2n) is 5.53. The van der Waals surface area contributed by atoms with Gasteiger partial charge in [0.2, 0.25) is 0 Å². The molecule has 112 valence electrons. The third-order valence-corrected chi connectivity index (χ3v) is 4.40. The van der Waals surface area contributed by atoms with E-state index in [1.807, 2.05) is 6.07 Å². The van der Waals surface area contributed by atoms with E-state index in [1.165, 1.54) is 31.2 Å². The Morgan fingerprint density at radius 3 is 2.35 bits per heavy atom. The molecule has 2 unspecified atom stereocenters. The molecule has 3 nitrogen and oxygen atoms in total. The van der Waals surface area contributed by atoms with E-state index in [1.54, 1.807) is 14.2 Å².